The molecule has 25 heavy (non-hydrogen) atoms. The first-order valence-electron chi connectivity index (χ1n) is 7.06. The number of hydrogen-bond donors (Lipinski definition) is 0. The van der Waals surface area contributed by atoms with E-state index in [1.807, 2.05) is 0 Å². The van der Waals surface area contributed by atoms with Gasteiger partial charge in [0.15, 0.2) is 5.78 Å². The van der Waals surface area contributed by atoms with Crippen LogP contribution in [0.4, 0.5) is 13.2 Å². The quantitative estimate of drug-likeness (QED) is 0.576. The Morgan fingerprint density at radius 2 is 1.76 bits per heavy atom. The fraction of sp³-hybridized carbons (Fsp3) is 0.188. The number of benzene rings is 2. The summed E-state index contributed by atoms with van der Waals surface area (Å²) in [6.45, 7) is 0. The van der Waals surface area contributed by atoms with Crippen molar-refractivity contribution in [3.8, 4) is 5.75 Å². The van der Waals surface area contributed by atoms with E-state index in [4.69, 9.17) is 11.6 Å². The third kappa shape index (κ3) is 3.23. The second-order valence-corrected chi connectivity index (χ2v) is 7.37. The molecule has 0 fully saturated rings. The number of halogens is 4. The summed E-state index contributed by atoms with van der Waals surface area (Å²) in [5.41, 5.74) is -4.32. The highest BCUT2D eigenvalue weighted by atomic mass is 35.5. The van der Waals surface area contributed by atoms with Crippen molar-refractivity contribution < 1.29 is 30.6 Å². The summed E-state index contributed by atoms with van der Waals surface area (Å²) < 4.78 is 64.6. The maximum Gasteiger partial charge on any atom is 0.534 e. The predicted molar refractivity (Wildman–Crippen MR) is 84.3 cm³/mol. The van der Waals surface area contributed by atoms with Gasteiger partial charge >= 0.3 is 15.6 Å². The molecule has 132 valence electrons. The Bertz CT molecular complexity index is 968. The third-order valence-electron chi connectivity index (χ3n) is 3.82. The molecule has 0 atom stereocenters. The first-order valence-corrected chi connectivity index (χ1v) is 8.84. The Labute approximate surface area is 146 Å². The van der Waals surface area contributed by atoms with Gasteiger partial charge in [0, 0.05) is 21.7 Å². The monoisotopic (exact) mass is 390 g/mol. The summed E-state index contributed by atoms with van der Waals surface area (Å²) in [5.74, 6) is -0.920. The molecular weight excluding hydrogens is 381 g/mol. The van der Waals surface area contributed by atoms with E-state index >= 15 is 0 Å². The Morgan fingerprint density at radius 3 is 2.44 bits per heavy atom. The van der Waals surface area contributed by atoms with Gasteiger partial charge in [0.05, 0.1) is 0 Å². The fourth-order valence-corrected chi connectivity index (χ4v) is 3.36. The normalized spacial score (nSPS) is 14.5. The molecule has 9 heteroatoms. The van der Waals surface area contributed by atoms with E-state index in [2.05, 4.69) is 4.18 Å². The van der Waals surface area contributed by atoms with Gasteiger partial charge < -0.3 is 4.18 Å². The van der Waals surface area contributed by atoms with Crippen LogP contribution in [0.25, 0.3) is 0 Å². The van der Waals surface area contributed by atoms with Gasteiger partial charge in [-0.25, -0.2) is 0 Å². The Morgan fingerprint density at radius 1 is 1.04 bits per heavy atom. The molecular formula is C16H10ClF3O4S. The lowest BCUT2D eigenvalue weighted by molar-refractivity contribution is -0.0500. The number of carbonyl (C=O) groups excluding carboxylic acids is 1. The zero-order valence-electron chi connectivity index (χ0n) is 12.4. The zero-order valence-corrected chi connectivity index (χ0v) is 14.0. The van der Waals surface area contributed by atoms with Crippen molar-refractivity contribution in [1.82, 2.24) is 0 Å². The number of fused-ring (bicyclic) bond motifs is 2. The van der Waals surface area contributed by atoms with E-state index in [1.165, 1.54) is 24.3 Å². The Kier molecular flexibility index (Phi) is 4.28. The summed E-state index contributed by atoms with van der Waals surface area (Å²) in [4.78, 5) is 12.7. The average Bonchev–Trinajstić information content (AvgIpc) is 2.64. The molecule has 0 aliphatic heterocycles. The molecule has 2 aromatic carbocycles. The molecule has 0 saturated carbocycles. The summed E-state index contributed by atoms with van der Waals surface area (Å²) in [5, 5.41) is 0.425. The van der Waals surface area contributed by atoms with E-state index in [0.29, 0.717) is 22.6 Å². The molecule has 4 nitrogen and oxygen atoms in total. The van der Waals surface area contributed by atoms with Crippen LogP contribution in [0.15, 0.2) is 36.4 Å². The third-order valence-corrected chi connectivity index (χ3v) is 5.02. The number of hydrogen-bond acceptors (Lipinski definition) is 4. The Hall–Kier alpha value is -2.06. The molecule has 0 N–H and O–H groups in total. The van der Waals surface area contributed by atoms with E-state index in [9.17, 15) is 26.4 Å². The van der Waals surface area contributed by atoms with Crippen LogP contribution in [0.3, 0.4) is 0 Å². The van der Waals surface area contributed by atoms with Crippen LogP contribution >= 0.6 is 11.6 Å². The number of alkyl halides is 3. The van der Waals surface area contributed by atoms with Crippen molar-refractivity contribution in [2.75, 3.05) is 0 Å². The second kappa shape index (κ2) is 6.03. The summed E-state index contributed by atoms with van der Waals surface area (Å²) in [6, 6.07) is 8.48. The lowest BCUT2D eigenvalue weighted by Gasteiger charge is -2.14. The second-order valence-electron chi connectivity index (χ2n) is 5.40. The zero-order chi connectivity index (χ0) is 18.4. The minimum absolute atomic E-state index is 0.107. The van der Waals surface area contributed by atoms with Crippen LogP contribution < -0.4 is 4.18 Å². The van der Waals surface area contributed by atoms with Gasteiger partial charge in [0.25, 0.3) is 0 Å². The van der Waals surface area contributed by atoms with Crippen LogP contribution in [-0.4, -0.2) is 19.7 Å². The highest BCUT2D eigenvalue weighted by molar-refractivity contribution is 7.88. The van der Waals surface area contributed by atoms with Crippen molar-refractivity contribution in [2.24, 2.45) is 0 Å². The van der Waals surface area contributed by atoms with Crippen LogP contribution in [-0.2, 0) is 23.0 Å². The first-order chi connectivity index (χ1) is 11.6. The predicted octanol–water partition coefficient (Wildman–Crippen LogP) is 3.90. The topological polar surface area (TPSA) is 60.4 Å². The van der Waals surface area contributed by atoms with Crippen molar-refractivity contribution in [3.05, 3.63) is 63.7 Å². The number of rotatable bonds is 2. The van der Waals surface area contributed by atoms with Gasteiger partial charge in [-0.05, 0) is 42.7 Å². The largest absolute Gasteiger partial charge is 0.534 e. The molecule has 0 bridgehead atoms. The minimum atomic E-state index is -5.82. The van der Waals surface area contributed by atoms with Gasteiger partial charge in [-0.1, -0.05) is 23.7 Å². The SMILES string of the molecule is O=C1c2ccc(Cl)cc2CCc2c(OS(=O)(=O)C(F)(F)F)cccc21. The molecule has 1 aliphatic rings. The van der Waals surface area contributed by atoms with Crippen molar-refractivity contribution in [2.45, 2.75) is 18.3 Å². The maximum atomic E-state index is 12.7. The number of ketones is 1. The maximum absolute atomic E-state index is 12.7. The van der Waals surface area contributed by atoms with Crippen molar-refractivity contribution >= 4 is 27.5 Å². The lowest BCUT2D eigenvalue weighted by Crippen LogP contribution is -2.28. The van der Waals surface area contributed by atoms with Crippen molar-refractivity contribution in [1.29, 1.82) is 0 Å². The van der Waals surface area contributed by atoms with Crippen LogP contribution in [0.1, 0.15) is 27.0 Å². The van der Waals surface area contributed by atoms with Gasteiger partial charge in [0.1, 0.15) is 5.75 Å². The smallest absolute Gasteiger partial charge is 0.376 e. The molecule has 0 spiro atoms. The van der Waals surface area contributed by atoms with Gasteiger partial charge in [-0.3, -0.25) is 4.79 Å². The number of aryl methyl sites for hydroxylation is 1. The molecule has 0 amide bonds. The van der Waals surface area contributed by atoms with Gasteiger partial charge in [-0.15, -0.1) is 0 Å². The molecule has 0 heterocycles. The molecule has 3 rings (SSSR count). The number of carbonyl (C=O) groups is 1. The van der Waals surface area contributed by atoms with Crippen LogP contribution in [0.5, 0.6) is 5.75 Å². The highest BCUT2D eigenvalue weighted by Gasteiger charge is 2.49. The first kappa shape index (κ1) is 17.8. The standard InChI is InChI=1S/C16H10ClF3O4S/c17-10-5-7-11-9(8-10)4-6-12-13(15(11)21)2-1-3-14(12)24-25(22,23)16(18,19)20/h1-3,5,7-8H,4,6H2. The molecule has 0 saturated heterocycles. The molecule has 2 aromatic rings. The van der Waals surface area contributed by atoms with Crippen LogP contribution in [0, 0.1) is 0 Å². The molecule has 0 unspecified atom stereocenters. The average molecular weight is 391 g/mol. The molecule has 1 aliphatic carbocycles. The lowest BCUT2D eigenvalue weighted by atomic mass is 9.98. The Balaban J connectivity index is 2.08. The van der Waals surface area contributed by atoms with E-state index in [1.54, 1.807) is 6.07 Å². The van der Waals surface area contributed by atoms with E-state index < -0.39 is 27.2 Å². The summed E-state index contributed by atoms with van der Waals surface area (Å²) in [6.07, 6.45) is 0.443. The highest BCUT2D eigenvalue weighted by Crippen LogP contribution is 2.34. The van der Waals surface area contributed by atoms with E-state index in [0.717, 1.165) is 6.07 Å². The molecule has 0 aromatic heterocycles. The van der Waals surface area contributed by atoms with Gasteiger partial charge in [-0.2, -0.15) is 21.6 Å². The van der Waals surface area contributed by atoms with E-state index in [-0.39, 0.29) is 17.5 Å². The van der Waals surface area contributed by atoms with Gasteiger partial charge in [0.2, 0.25) is 0 Å². The summed E-state index contributed by atoms with van der Waals surface area (Å²) in [7, 11) is -5.82. The minimum Gasteiger partial charge on any atom is -0.376 e. The molecule has 0 radical (unpaired) electrons. The fourth-order valence-electron chi connectivity index (χ4n) is 2.68. The summed E-state index contributed by atoms with van der Waals surface area (Å²) >= 11 is 5.92. The van der Waals surface area contributed by atoms with Crippen LogP contribution in [0.2, 0.25) is 5.02 Å². The van der Waals surface area contributed by atoms with Crippen molar-refractivity contribution in [3.63, 3.8) is 0 Å².